The first kappa shape index (κ1) is 19.9. The number of rotatable bonds is 6. The molecule has 0 aliphatic rings. The molecule has 2 aromatic carbocycles. The lowest BCUT2D eigenvalue weighted by Crippen LogP contribution is -2.16. The average Bonchev–Trinajstić information content (AvgIpc) is 3.37. The van der Waals surface area contributed by atoms with Gasteiger partial charge < -0.3 is 14.6 Å². The molecule has 5 rings (SSSR count). The highest BCUT2D eigenvalue weighted by Crippen LogP contribution is 2.27. The number of fused-ring (bicyclic) bond motifs is 2. The van der Waals surface area contributed by atoms with Crippen LogP contribution in [0.1, 0.15) is 0 Å². The monoisotopic (exact) mass is 438 g/mol. The van der Waals surface area contributed by atoms with Gasteiger partial charge >= 0.3 is 6.36 Å². The Kier molecular flexibility index (Phi) is 4.89. The summed E-state index contributed by atoms with van der Waals surface area (Å²) in [5.74, 6) is 0.221. The van der Waals surface area contributed by atoms with E-state index in [0.29, 0.717) is 29.1 Å². The number of halogens is 3. The van der Waals surface area contributed by atoms with Crippen molar-refractivity contribution in [2.24, 2.45) is 0 Å². The van der Waals surface area contributed by atoms with Crippen LogP contribution in [0.25, 0.3) is 21.8 Å². The van der Waals surface area contributed by atoms with Crippen LogP contribution >= 0.6 is 0 Å². The molecule has 0 aliphatic carbocycles. The van der Waals surface area contributed by atoms with Gasteiger partial charge in [-0.2, -0.15) is 5.10 Å². The SMILES string of the molecule is FC(F)(F)Oc1ccc(Nc2ncnc3c2cnn3CCn2cc3ccccc3c2)cc1. The van der Waals surface area contributed by atoms with Crippen LogP contribution in [0.15, 0.2) is 73.4 Å². The third-order valence-corrected chi connectivity index (χ3v) is 4.96. The zero-order valence-electron chi connectivity index (χ0n) is 16.6. The lowest BCUT2D eigenvalue weighted by atomic mass is 10.2. The summed E-state index contributed by atoms with van der Waals surface area (Å²) in [5, 5.41) is 10.6. The quantitative estimate of drug-likeness (QED) is 0.398. The highest BCUT2D eigenvalue weighted by Gasteiger charge is 2.30. The van der Waals surface area contributed by atoms with Gasteiger partial charge in [-0.15, -0.1) is 13.2 Å². The van der Waals surface area contributed by atoms with E-state index in [1.54, 1.807) is 10.9 Å². The highest BCUT2D eigenvalue weighted by atomic mass is 19.4. The lowest BCUT2D eigenvalue weighted by molar-refractivity contribution is -0.274. The molecule has 0 bridgehead atoms. The molecule has 0 spiro atoms. The first-order valence-electron chi connectivity index (χ1n) is 9.78. The fraction of sp³-hybridized carbons (Fsp3) is 0.136. The van der Waals surface area contributed by atoms with Crippen LogP contribution < -0.4 is 10.1 Å². The molecule has 10 heteroatoms. The van der Waals surface area contributed by atoms with Crippen LogP contribution in [0, 0.1) is 0 Å². The minimum Gasteiger partial charge on any atom is -0.406 e. The van der Waals surface area contributed by atoms with Gasteiger partial charge in [0.1, 0.15) is 17.9 Å². The first-order chi connectivity index (χ1) is 15.4. The minimum atomic E-state index is -4.73. The zero-order chi connectivity index (χ0) is 22.1. The maximum absolute atomic E-state index is 12.3. The van der Waals surface area contributed by atoms with Crippen LogP contribution in [0.2, 0.25) is 0 Å². The van der Waals surface area contributed by atoms with E-state index in [9.17, 15) is 13.2 Å². The third-order valence-electron chi connectivity index (χ3n) is 4.96. The van der Waals surface area contributed by atoms with E-state index in [0.717, 1.165) is 6.54 Å². The van der Waals surface area contributed by atoms with Crippen LogP contribution in [0.3, 0.4) is 0 Å². The number of hydrogen-bond acceptors (Lipinski definition) is 5. The molecule has 3 heterocycles. The number of nitrogens with one attached hydrogen (secondary N) is 1. The topological polar surface area (TPSA) is 69.8 Å². The van der Waals surface area contributed by atoms with Crippen molar-refractivity contribution in [3.63, 3.8) is 0 Å². The summed E-state index contributed by atoms with van der Waals surface area (Å²) in [6.07, 6.45) is 2.55. The zero-order valence-corrected chi connectivity index (χ0v) is 16.6. The molecule has 32 heavy (non-hydrogen) atoms. The molecule has 1 N–H and O–H groups in total. The number of ether oxygens (including phenoxy) is 1. The van der Waals surface area contributed by atoms with Crippen molar-refractivity contribution in [2.75, 3.05) is 5.32 Å². The molecule has 0 saturated carbocycles. The maximum Gasteiger partial charge on any atom is 0.573 e. The second-order valence-corrected chi connectivity index (χ2v) is 7.15. The molecular formula is C22H17F3N6O. The number of anilines is 2. The van der Waals surface area contributed by atoms with Crippen molar-refractivity contribution < 1.29 is 17.9 Å². The van der Waals surface area contributed by atoms with Gasteiger partial charge in [0, 0.05) is 24.6 Å². The van der Waals surface area contributed by atoms with E-state index >= 15 is 0 Å². The van der Waals surface area contributed by atoms with Crippen LogP contribution in [0.5, 0.6) is 5.75 Å². The standard InChI is InChI=1S/C22H17F3N6O/c23-22(24,25)32-18-7-5-17(6-8-18)29-20-19-11-28-31(21(19)27-14-26-20)10-9-30-12-15-3-1-2-4-16(15)13-30/h1-8,11-14H,9-10H2,(H,26,27,29). The van der Waals surface area contributed by atoms with E-state index in [1.165, 1.54) is 41.4 Å². The van der Waals surface area contributed by atoms with Gasteiger partial charge in [-0.1, -0.05) is 24.3 Å². The van der Waals surface area contributed by atoms with Gasteiger partial charge in [0.15, 0.2) is 5.65 Å². The summed E-state index contributed by atoms with van der Waals surface area (Å²) in [5.41, 5.74) is 1.22. The Balaban J connectivity index is 1.32. The largest absolute Gasteiger partial charge is 0.573 e. The van der Waals surface area contributed by atoms with Crippen molar-refractivity contribution >= 4 is 33.3 Å². The molecule has 5 aromatic rings. The summed E-state index contributed by atoms with van der Waals surface area (Å²) in [6.45, 7) is 1.34. The summed E-state index contributed by atoms with van der Waals surface area (Å²) in [4.78, 5) is 8.60. The molecule has 0 fully saturated rings. The van der Waals surface area contributed by atoms with Crippen molar-refractivity contribution in [1.82, 2.24) is 24.3 Å². The number of nitrogens with zero attached hydrogens (tertiary/aromatic N) is 5. The molecular weight excluding hydrogens is 421 g/mol. The third kappa shape index (κ3) is 4.20. The Bertz CT molecular complexity index is 1340. The Morgan fingerprint density at radius 3 is 2.31 bits per heavy atom. The summed E-state index contributed by atoms with van der Waals surface area (Å²) in [6, 6.07) is 13.6. The highest BCUT2D eigenvalue weighted by molar-refractivity contribution is 5.88. The number of aryl methyl sites for hydroxylation is 2. The number of alkyl halides is 3. The minimum absolute atomic E-state index is 0.290. The van der Waals surface area contributed by atoms with Gasteiger partial charge in [0.25, 0.3) is 0 Å². The van der Waals surface area contributed by atoms with E-state index in [1.807, 2.05) is 12.1 Å². The van der Waals surface area contributed by atoms with Gasteiger partial charge in [0.2, 0.25) is 0 Å². The van der Waals surface area contributed by atoms with Gasteiger partial charge in [0.05, 0.1) is 18.1 Å². The van der Waals surface area contributed by atoms with Crippen molar-refractivity contribution in [2.45, 2.75) is 19.5 Å². The number of benzene rings is 2. The Morgan fingerprint density at radius 2 is 1.62 bits per heavy atom. The number of hydrogen-bond donors (Lipinski definition) is 1. The van der Waals surface area contributed by atoms with Crippen molar-refractivity contribution in [3.8, 4) is 5.75 Å². The smallest absolute Gasteiger partial charge is 0.406 e. The second-order valence-electron chi connectivity index (χ2n) is 7.15. The number of aromatic nitrogens is 5. The van der Waals surface area contributed by atoms with E-state index < -0.39 is 6.36 Å². The molecule has 0 aliphatic heterocycles. The van der Waals surface area contributed by atoms with Crippen LogP contribution in [-0.4, -0.2) is 30.7 Å². The molecule has 7 nitrogen and oxygen atoms in total. The Morgan fingerprint density at radius 1 is 0.906 bits per heavy atom. The molecule has 0 saturated heterocycles. The predicted molar refractivity (Wildman–Crippen MR) is 114 cm³/mol. The van der Waals surface area contributed by atoms with E-state index in [-0.39, 0.29) is 5.75 Å². The lowest BCUT2D eigenvalue weighted by Gasteiger charge is -2.10. The molecule has 0 amide bonds. The summed E-state index contributed by atoms with van der Waals surface area (Å²) < 4.78 is 44.8. The van der Waals surface area contributed by atoms with Crippen LogP contribution in [-0.2, 0) is 13.1 Å². The molecule has 0 radical (unpaired) electrons. The fourth-order valence-electron chi connectivity index (χ4n) is 3.51. The molecule has 0 unspecified atom stereocenters. The van der Waals surface area contributed by atoms with Crippen molar-refractivity contribution in [1.29, 1.82) is 0 Å². The van der Waals surface area contributed by atoms with Gasteiger partial charge in [-0.25, -0.2) is 14.6 Å². The summed E-state index contributed by atoms with van der Waals surface area (Å²) >= 11 is 0. The maximum atomic E-state index is 12.3. The normalized spacial score (nSPS) is 11.8. The molecule has 3 aromatic heterocycles. The second kappa shape index (κ2) is 7.88. The Labute approximate surface area is 180 Å². The van der Waals surface area contributed by atoms with Crippen molar-refractivity contribution in [3.05, 3.63) is 73.4 Å². The van der Waals surface area contributed by atoms with Gasteiger partial charge in [-0.3, -0.25) is 0 Å². The fourth-order valence-corrected chi connectivity index (χ4v) is 3.51. The predicted octanol–water partition coefficient (Wildman–Crippen LogP) is 5.12. The first-order valence-corrected chi connectivity index (χ1v) is 9.78. The summed E-state index contributed by atoms with van der Waals surface area (Å²) in [7, 11) is 0. The average molecular weight is 438 g/mol. The Hall–Kier alpha value is -4.08. The van der Waals surface area contributed by atoms with Crippen LogP contribution in [0.4, 0.5) is 24.7 Å². The van der Waals surface area contributed by atoms with Gasteiger partial charge in [-0.05, 0) is 35.0 Å². The molecule has 0 atom stereocenters. The molecule has 162 valence electrons. The van der Waals surface area contributed by atoms with E-state index in [4.69, 9.17) is 0 Å². The van der Waals surface area contributed by atoms with E-state index in [2.05, 4.69) is 54.2 Å².